The summed E-state index contributed by atoms with van der Waals surface area (Å²) in [6, 6.07) is 5.31. The van der Waals surface area contributed by atoms with Crippen LogP contribution in [0, 0.1) is 0 Å². The molecule has 7 heteroatoms. The van der Waals surface area contributed by atoms with Gasteiger partial charge in [-0.15, -0.1) is 11.3 Å². The van der Waals surface area contributed by atoms with Crippen LogP contribution in [0.15, 0.2) is 28.2 Å². The average molecular weight is 344 g/mol. The van der Waals surface area contributed by atoms with Crippen LogP contribution in [-0.2, 0) is 6.42 Å². The molecule has 2 rings (SSSR count). The summed E-state index contributed by atoms with van der Waals surface area (Å²) >= 11 is 8.98. The monoisotopic (exact) mass is 343 g/mol. The van der Waals surface area contributed by atoms with Gasteiger partial charge < -0.3 is 10.7 Å². The van der Waals surface area contributed by atoms with Crippen LogP contribution in [0.5, 0.6) is 0 Å². The second kappa shape index (κ2) is 7.45. The number of thioether (sulfide) groups is 1. The minimum absolute atomic E-state index is 0.0162. The fraction of sp³-hybridized carbons (Fsp3) is 0.429. The van der Waals surface area contributed by atoms with Crippen molar-refractivity contribution in [2.24, 2.45) is 5.73 Å². The van der Waals surface area contributed by atoms with Gasteiger partial charge in [-0.3, -0.25) is 4.79 Å². The van der Waals surface area contributed by atoms with E-state index in [1.165, 1.54) is 23.1 Å². The van der Waals surface area contributed by atoms with E-state index in [9.17, 15) is 4.79 Å². The lowest BCUT2D eigenvalue weighted by molar-refractivity contribution is 0.723. The Balaban J connectivity index is 2.27. The van der Waals surface area contributed by atoms with Crippen molar-refractivity contribution in [2.75, 3.05) is 0 Å². The standard InChI is InChI=1S/C14H18ClN3OS2/c1-3-4-9-7-12(19)18-14(17-9)21-13(8(2)16)10-5-6-11(15)20-10/h5-8,13H,3-4,16H2,1-2H3,(H,17,18,19). The first kappa shape index (κ1) is 16.5. The van der Waals surface area contributed by atoms with E-state index in [2.05, 4.69) is 16.9 Å². The summed E-state index contributed by atoms with van der Waals surface area (Å²) in [7, 11) is 0. The van der Waals surface area contributed by atoms with Crippen LogP contribution in [-0.4, -0.2) is 16.0 Å². The highest BCUT2D eigenvalue weighted by Gasteiger charge is 2.21. The van der Waals surface area contributed by atoms with Crippen molar-refractivity contribution in [1.29, 1.82) is 0 Å². The summed E-state index contributed by atoms with van der Waals surface area (Å²) in [6.07, 6.45) is 1.75. The van der Waals surface area contributed by atoms with E-state index < -0.39 is 0 Å². The highest BCUT2D eigenvalue weighted by molar-refractivity contribution is 7.99. The van der Waals surface area contributed by atoms with Crippen LogP contribution in [0.3, 0.4) is 0 Å². The highest BCUT2D eigenvalue weighted by atomic mass is 35.5. The predicted octanol–water partition coefficient (Wildman–Crippen LogP) is 3.62. The number of hydrogen-bond acceptors (Lipinski definition) is 5. The maximum Gasteiger partial charge on any atom is 0.251 e. The molecule has 0 aliphatic rings. The molecule has 0 radical (unpaired) electrons. The molecule has 0 amide bonds. The van der Waals surface area contributed by atoms with E-state index in [4.69, 9.17) is 17.3 Å². The molecule has 0 saturated heterocycles. The Morgan fingerprint density at radius 1 is 1.52 bits per heavy atom. The van der Waals surface area contributed by atoms with Gasteiger partial charge in [0, 0.05) is 22.7 Å². The van der Waals surface area contributed by atoms with Gasteiger partial charge in [-0.2, -0.15) is 0 Å². The number of aromatic amines is 1. The molecule has 21 heavy (non-hydrogen) atoms. The molecular weight excluding hydrogens is 326 g/mol. The van der Waals surface area contributed by atoms with Crippen molar-refractivity contribution in [2.45, 2.75) is 43.1 Å². The van der Waals surface area contributed by atoms with Crippen molar-refractivity contribution < 1.29 is 0 Å². The largest absolute Gasteiger partial charge is 0.327 e. The fourth-order valence-corrected chi connectivity index (χ4v) is 4.38. The maximum absolute atomic E-state index is 11.7. The third-order valence-electron chi connectivity index (χ3n) is 2.87. The molecule has 2 aromatic rings. The number of hydrogen-bond donors (Lipinski definition) is 2. The maximum atomic E-state index is 11.7. The number of nitrogens with two attached hydrogens (primary N) is 1. The molecule has 2 aromatic heterocycles. The lowest BCUT2D eigenvalue weighted by Crippen LogP contribution is -2.22. The Morgan fingerprint density at radius 3 is 2.86 bits per heavy atom. The molecule has 114 valence electrons. The Hall–Kier alpha value is -0.820. The van der Waals surface area contributed by atoms with E-state index in [1.807, 2.05) is 19.1 Å². The first-order valence-electron chi connectivity index (χ1n) is 6.77. The Kier molecular flexibility index (Phi) is 5.87. The normalized spacial score (nSPS) is 14.1. The summed E-state index contributed by atoms with van der Waals surface area (Å²) in [5.41, 5.74) is 6.78. The van der Waals surface area contributed by atoms with Gasteiger partial charge >= 0.3 is 0 Å². The molecule has 0 bridgehead atoms. The van der Waals surface area contributed by atoms with Gasteiger partial charge in [0.2, 0.25) is 0 Å². The van der Waals surface area contributed by atoms with Crippen molar-refractivity contribution in [3.63, 3.8) is 0 Å². The fourth-order valence-electron chi connectivity index (χ4n) is 1.95. The lowest BCUT2D eigenvalue weighted by atomic mass is 10.2. The molecule has 0 aliphatic carbocycles. The second-order valence-electron chi connectivity index (χ2n) is 4.83. The predicted molar refractivity (Wildman–Crippen MR) is 90.4 cm³/mol. The van der Waals surface area contributed by atoms with E-state index in [1.54, 1.807) is 6.07 Å². The molecule has 2 atom stereocenters. The molecule has 2 heterocycles. The third-order valence-corrected chi connectivity index (χ3v) is 5.69. The molecule has 3 N–H and O–H groups in total. The van der Waals surface area contributed by atoms with Gasteiger partial charge in [-0.1, -0.05) is 36.7 Å². The number of rotatable bonds is 6. The zero-order valence-corrected chi connectivity index (χ0v) is 14.3. The van der Waals surface area contributed by atoms with Gasteiger partial charge in [0.1, 0.15) is 0 Å². The van der Waals surface area contributed by atoms with E-state index in [0.29, 0.717) is 5.16 Å². The smallest absolute Gasteiger partial charge is 0.251 e. The van der Waals surface area contributed by atoms with E-state index >= 15 is 0 Å². The first-order valence-corrected chi connectivity index (χ1v) is 8.84. The number of nitrogens with one attached hydrogen (secondary N) is 1. The van der Waals surface area contributed by atoms with Crippen LogP contribution >= 0.6 is 34.7 Å². The van der Waals surface area contributed by atoms with Gasteiger partial charge in [0.25, 0.3) is 5.56 Å². The summed E-state index contributed by atoms with van der Waals surface area (Å²) in [5, 5.41) is 0.625. The molecule has 0 aromatic carbocycles. The van der Waals surface area contributed by atoms with Crippen LogP contribution in [0.25, 0.3) is 0 Å². The minimum atomic E-state index is -0.122. The topological polar surface area (TPSA) is 71.8 Å². The van der Waals surface area contributed by atoms with Crippen LogP contribution in [0.2, 0.25) is 4.34 Å². The average Bonchev–Trinajstić information content (AvgIpc) is 2.82. The molecule has 0 spiro atoms. The van der Waals surface area contributed by atoms with Crippen LogP contribution < -0.4 is 11.3 Å². The van der Waals surface area contributed by atoms with Crippen LogP contribution in [0.1, 0.15) is 36.1 Å². The van der Waals surface area contributed by atoms with Gasteiger partial charge in [-0.05, 0) is 25.5 Å². The summed E-state index contributed by atoms with van der Waals surface area (Å²) in [6.45, 7) is 4.01. The quantitative estimate of drug-likeness (QED) is 0.620. The first-order chi connectivity index (χ1) is 9.99. The molecule has 0 saturated carbocycles. The summed E-state index contributed by atoms with van der Waals surface area (Å²) in [5.74, 6) is 0. The minimum Gasteiger partial charge on any atom is -0.327 e. The number of H-pyrrole nitrogens is 1. The van der Waals surface area contributed by atoms with Crippen LogP contribution in [0.4, 0.5) is 0 Å². The molecule has 0 fully saturated rings. The number of aromatic nitrogens is 2. The van der Waals surface area contributed by atoms with E-state index in [0.717, 1.165) is 27.7 Å². The van der Waals surface area contributed by atoms with E-state index in [-0.39, 0.29) is 16.9 Å². The summed E-state index contributed by atoms with van der Waals surface area (Å²) < 4.78 is 0.734. The van der Waals surface area contributed by atoms with Crippen molar-refractivity contribution in [3.05, 3.63) is 43.5 Å². The Morgan fingerprint density at radius 2 is 2.29 bits per heavy atom. The van der Waals surface area contributed by atoms with Gasteiger partial charge in [-0.25, -0.2) is 4.98 Å². The number of nitrogens with zero attached hydrogens (tertiary/aromatic N) is 1. The molecular formula is C14H18ClN3OS2. The second-order valence-corrected chi connectivity index (χ2v) is 7.71. The number of aryl methyl sites for hydroxylation is 1. The number of thiophene rings is 1. The highest BCUT2D eigenvalue weighted by Crippen LogP contribution is 2.39. The third kappa shape index (κ3) is 4.57. The molecule has 4 nitrogen and oxygen atoms in total. The zero-order chi connectivity index (χ0) is 15.4. The van der Waals surface area contributed by atoms with Crippen molar-refractivity contribution >= 4 is 34.7 Å². The summed E-state index contributed by atoms with van der Waals surface area (Å²) in [4.78, 5) is 20.1. The Bertz CT molecular complexity index is 654. The van der Waals surface area contributed by atoms with Gasteiger partial charge in [0.05, 0.1) is 9.59 Å². The zero-order valence-electron chi connectivity index (χ0n) is 11.9. The molecule has 0 aliphatic heterocycles. The van der Waals surface area contributed by atoms with Crippen molar-refractivity contribution in [3.8, 4) is 0 Å². The SMILES string of the molecule is CCCc1cc(=O)[nH]c(SC(c2ccc(Cl)s2)C(C)N)n1. The van der Waals surface area contributed by atoms with Gasteiger partial charge in [0.15, 0.2) is 5.16 Å². The number of halogens is 1. The molecule has 2 unspecified atom stereocenters. The van der Waals surface area contributed by atoms with Crippen molar-refractivity contribution in [1.82, 2.24) is 9.97 Å². The lowest BCUT2D eigenvalue weighted by Gasteiger charge is -2.18. The Labute approximate surface area is 137 Å².